The molecule has 0 radical (unpaired) electrons. The Morgan fingerprint density at radius 2 is 1.86 bits per heavy atom. The van der Waals surface area contributed by atoms with E-state index in [1.54, 1.807) is 24.3 Å². The lowest BCUT2D eigenvalue weighted by Gasteiger charge is -2.13. The summed E-state index contributed by atoms with van der Waals surface area (Å²) < 4.78 is 0. The van der Waals surface area contributed by atoms with Crippen LogP contribution in [-0.4, -0.2) is 32.8 Å². The van der Waals surface area contributed by atoms with Crippen molar-refractivity contribution in [1.29, 1.82) is 0 Å². The number of rotatable bonds is 4. The summed E-state index contributed by atoms with van der Waals surface area (Å²) in [6.45, 7) is 0.246. The topological polar surface area (TPSA) is 92.3 Å². The number of likely N-dealkylation sites (tertiary alicyclic amines) is 1. The van der Waals surface area contributed by atoms with E-state index in [2.05, 4.69) is 15.5 Å². The molecule has 1 aliphatic heterocycles. The van der Waals surface area contributed by atoms with Gasteiger partial charge in [-0.1, -0.05) is 23.5 Å². The average molecular weight is 316 g/mol. The van der Waals surface area contributed by atoms with Crippen LogP contribution in [-0.2, 0) is 16.1 Å². The van der Waals surface area contributed by atoms with E-state index in [9.17, 15) is 14.4 Å². The third-order valence-corrected chi connectivity index (χ3v) is 3.90. The molecule has 2 aromatic rings. The van der Waals surface area contributed by atoms with Crippen molar-refractivity contribution in [3.8, 4) is 0 Å². The van der Waals surface area contributed by atoms with Gasteiger partial charge in [0.2, 0.25) is 16.9 Å². The highest BCUT2D eigenvalue weighted by atomic mass is 32.1. The number of aromatic nitrogens is 2. The van der Waals surface area contributed by atoms with Gasteiger partial charge in [0.25, 0.3) is 5.91 Å². The molecule has 0 spiro atoms. The van der Waals surface area contributed by atoms with Crippen molar-refractivity contribution in [3.05, 3.63) is 40.9 Å². The van der Waals surface area contributed by atoms with E-state index < -0.39 is 0 Å². The molecule has 22 heavy (non-hydrogen) atoms. The molecule has 112 valence electrons. The predicted octanol–water partition coefficient (Wildman–Crippen LogP) is 1.44. The molecule has 1 fully saturated rings. The molecule has 0 unspecified atom stereocenters. The fraction of sp³-hybridized carbons (Fsp3) is 0.214. The minimum atomic E-state index is -0.281. The molecule has 0 atom stereocenters. The quantitative estimate of drug-likeness (QED) is 0.862. The van der Waals surface area contributed by atoms with Crippen LogP contribution in [0.5, 0.6) is 0 Å². The van der Waals surface area contributed by atoms with Gasteiger partial charge in [-0.05, 0) is 17.7 Å². The molecule has 7 nitrogen and oxygen atoms in total. The summed E-state index contributed by atoms with van der Waals surface area (Å²) in [4.78, 5) is 36.4. The lowest BCUT2D eigenvalue weighted by atomic mass is 10.1. The van der Waals surface area contributed by atoms with Crippen molar-refractivity contribution < 1.29 is 14.4 Å². The Morgan fingerprint density at radius 1 is 1.18 bits per heavy atom. The van der Waals surface area contributed by atoms with Gasteiger partial charge in [-0.2, -0.15) is 0 Å². The number of nitrogens with one attached hydrogen (secondary N) is 1. The fourth-order valence-electron chi connectivity index (χ4n) is 2.14. The van der Waals surface area contributed by atoms with Gasteiger partial charge in [0, 0.05) is 18.4 Å². The van der Waals surface area contributed by atoms with Gasteiger partial charge in [-0.15, -0.1) is 10.2 Å². The zero-order valence-electron chi connectivity index (χ0n) is 11.5. The Balaban J connectivity index is 1.66. The SMILES string of the molecule is O=C(Nc1nncs1)c1ccc(CN2C(=O)CCC2=O)cc1. The molecule has 1 aromatic carbocycles. The molecule has 1 aliphatic rings. The third kappa shape index (κ3) is 3.01. The van der Waals surface area contributed by atoms with Crippen LogP contribution in [0.15, 0.2) is 29.8 Å². The lowest BCUT2D eigenvalue weighted by molar-refractivity contribution is -0.139. The first-order valence-electron chi connectivity index (χ1n) is 6.63. The second kappa shape index (κ2) is 6.02. The molecule has 1 aromatic heterocycles. The highest BCUT2D eigenvalue weighted by molar-refractivity contribution is 7.13. The zero-order valence-corrected chi connectivity index (χ0v) is 12.3. The Labute approximate surface area is 130 Å². The van der Waals surface area contributed by atoms with Crippen molar-refractivity contribution >= 4 is 34.2 Å². The molecule has 0 saturated carbocycles. The zero-order chi connectivity index (χ0) is 15.5. The third-order valence-electron chi connectivity index (χ3n) is 3.29. The molecule has 3 rings (SSSR count). The first-order valence-corrected chi connectivity index (χ1v) is 7.51. The number of imide groups is 1. The molecule has 1 saturated heterocycles. The summed E-state index contributed by atoms with van der Waals surface area (Å²) in [5, 5.41) is 10.4. The van der Waals surface area contributed by atoms with Crippen molar-refractivity contribution in [2.45, 2.75) is 19.4 Å². The van der Waals surface area contributed by atoms with Gasteiger partial charge >= 0.3 is 0 Å². The summed E-state index contributed by atoms with van der Waals surface area (Å²) in [7, 11) is 0. The summed E-state index contributed by atoms with van der Waals surface area (Å²) in [6, 6.07) is 6.76. The van der Waals surface area contributed by atoms with Gasteiger partial charge in [-0.3, -0.25) is 24.6 Å². The minimum absolute atomic E-state index is 0.150. The molecule has 2 heterocycles. The molecular weight excluding hydrogens is 304 g/mol. The minimum Gasteiger partial charge on any atom is -0.296 e. The normalized spacial score (nSPS) is 14.5. The van der Waals surface area contributed by atoms with E-state index in [0.717, 1.165) is 5.56 Å². The van der Waals surface area contributed by atoms with Gasteiger partial charge < -0.3 is 0 Å². The van der Waals surface area contributed by atoms with Crippen LogP contribution in [0.3, 0.4) is 0 Å². The number of carbonyl (C=O) groups excluding carboxylic acids is 3. The van der Waals surface area contributed by atoms with Crippen LogP contribution < -0.4 is 5.32 Å². The Hall–Kier alpha value is -2.61. The van der Waals surface area contributed by atoms with E-state index >= 15 is 0 Å². The number of anilines is 1. The maximum absolute atomic E-state index is 12.0. The second-order valence-corrected chi connectivity index (χ2v) is 5.60. The maximum atomic E-state index is 12.0. The van der Waals surface area contributed by atoms with Crippen molar-refractivity contribution in [2.24, 2.45) is 0 Å². The van der Waals surface area contributed by atoms with Crippen LogP contribution in [0.4, 0.5) is 5.13 Å². The number of amides is 3. The van der Waals surface area contributed by atoms with Gasteiger partial charge in [0.05, 0.1) is 6.54 Å². The van der Waals surface area contributed by atoms with Crippen molar-refractivity contribution in [1.82, 2.24) is 15.1 Å². The summed E-state index contributed by atoms with van der Waals surface area (Å²) in [5.74, 6) is -0.581. The molecule has 3 amide bonds. The van der Waals surface area contributed by atoms with E-state index in [1.807, 2.05) is 0 Å². The summed E-state index contributed by atoms with van der Waals surface area (Å²) in [6.07, 6.45) is 0.558. The van der Waals surface area contributed by atoms with Crippen molar-refractivity contribution in [3.63, 3.8) is 0 Å². The first-order chi connectivity index (χ1) is 10.6. The Morgan fingerprint density at radius 3 is 2.45 bits per heavy atom. The number of nitrogens with zero attached hydrogens (tertiary/aromatic N) is 3. The summed E-state index contributed by atoms with van der Waals surface area (Å²) >= 11 is 1.24. The Kier molecular flexibility index (Phi) is 3.92. The molecular formula is C14H12N4O3S. The monoisotopic (exact) mass is 316 g/mol. The van der Waals surface area contributed by atoms with E-state index in [4.69, 9.17) is 0 Å². The average Bonchev–Trinajstić information content (AvgIpc) is 3.13. The number of carbonyl (C=O) groups is 3. The molecule has 8 heteroatoms. The number of hydrogen-bond acceptors (Lipinski definition) is 6. The fourth-order valence-corrected chi connectivity index (χ4v) is 2.58. The summed E-state index contributed by atoms with van der Waals surface area (Å²) in [5.41, 5.74) is 2.80. The van der Waals surface area contributed by atoms with Crippen LogP contribution in [0, 0.1) is 0 Å². The van der Waals surface area contributed by atoms with Gasteiger partial charge in [0.1, 0.15) is 5.51 Å². The van der Waals surface area contributed by atoms with Crippen molar-refractivity contribution in [2.75, 3.05) is 5.32 Å². The first kappa shape index (κ1) is 14.3. The van der Waals surface area contributed by atoms with Crippen LogP contribution >= 0.6 is 11.3 Å². The van der Waals surface area contributed by atoms with Crippen LogP contribution in [0.2, 0.25) is 0 Å². The highest BCUT2D eigenvalue weighted by Gasteiger charge is 2.28. The van der Waals surface area contributed by atoms with Crippen LogP contribution in [0.1, 0.15) is 28.8 Å². The smallest absolute Gasteiger partial charge is 0.257 e. The number of hydrogen-bond donors (Lipinski definition) is 1. The highest BCUT2D eigenvalue weighted by Crippen LogP contribution is 2.17. The number of benzene rings is 1. The standard InChI is InChI=1S/C14H12N4O3S/c19-11-5-6-12(20)18(11)7-9-1-3-10(4-2-9)13(21)16-14-17-15-8-22-14/h1-4,8H,5-7H2,(H,16,17,21). The van der Waals surface area contributed by atoms with Gasteiger partial charge in [-0.25, -0.2) is 0 Å². The van der Waals surface area contributed by atoms with Crippen LogP contribution in [0.25, 0.3) is 0 Å². The van der Waals surface area contributed by atoms with E-state index in [0.29, 0.717) is 10.7 Å². The largest absolute Gasteiger partial charge is 0.296 e. The lowest BCUT2D eigenvalue weighted by Crippen LogP contribution is -2.28. The van der Waals surface area contributed by atoms with E-state index in [1.165, 1.54) is 21.7 Å². The Bertz CT molecular complexity index is 696. The van der Waals surface area contributed by atoms with Gasteiger partial charge in [0.15, 0.2) is 0 Å². The molecule has 0 aliphatic carbocycles. The van der Waals surface area contributed by atoms with E-state index in [-0.39, 0.29) is 37.1 Å². The maximum Gasteiger partial charge on any atom is 0.257 e. The predicted molar refractivity (Wildman–Crippen MR) is 79.1 cm³/mol. The second-order valence-electron chi connectivity index (χ2n) is 4.77. The molecule has 1 N–H and O–H groups in total. The molecule has 0 bridgehead atoms.